The summed E-state index contributed by atoms with van der Waals surface area (Å²) in [6, 6.07) is 0. The van der Waals surface area contributed by atoms with Gasteiger partial charge in [0.15, 0.2) is 0 Å². The molecule has 0 radical (unpaired) electrons. The Hall–Kier alpha value is -1.36. The lowest BCUT2D eigenvalue weighted by Crippen LogP contribution is -1.90. The topological polar surface area (TPSA) is 56.7 Å². The van der Waals surface area contributed by atoms with E-state index in [-0.39, 0.29) is 5.35 Å². The van der Waals surface area contributed by atoms with Crippen LogP contribution in [0, 0.1) is 0 Å². The van der Waals surface area contributed by atoms with Crippen molar-refractivity contribution in [2.45, 2.75) is 0 Å². The smallest absolute Gasteiger partial charge is 0.320 e. The van der Waals surface area contributed by atoms with E-state index in [2.05, 4.69) is 19.6 Å². The van der Waals surface area contributed by atoms with Crippen LogP contribution < -0.4 is 0 Å². The molecule has 5 nitrogen and oxygen atoms in total. The van der Waals surface area contributed by atoms with Gasteiger partial charge in [0.25, 0.3) is 0 Å². The normalized spacial score (nSPS) is 10.5. The molecule has 2 aromatic heterocycles. The van der Waals surface area contributed by atoms with Crippen molar-refractivity contribution in [3.8, 4) is 11.5 Å². The SMILES string of the molecule is Cn1cncc1-c1noc(Cl)n1. The quantitative estimate of drug-likeness (QED) is 0.667. The zero-order valence-corrected chi connectivity index (χ0v) is 6.99. The second-order valence-electron chi connectivity index (χ2n) is 2.26. The molecule has 0 spiro atoms. The first kappa shape index (κ1) is 7.30. The highest BCUT2D eigenvalue weighted by Crippen LogP contribution is 2.15. The molecule has 12 heavy (non-hydrogen) atoms. The van der Waals surface area contributed by atoms with Gasteiger partial charge in [-0.2, -0.15) is 4.98 Å². The van der Waals surface area contributed by atoms with Gasteiger partial charge in [-0.15, -0.1) is 0 Å². The summed E-state index contributed by atoms with van der Waals surface area (Å²) in [5, 5.41) is 3.67. The fourth-order valence-corrected chi connectivity index (χ4v) is 0.996. The zero-order chi connectivity index (χ0) is 8.55. The summed E-state index contributed by atoms with van der Waals surface area (Å²) in [5.41, 5.74) is 0.769. The molecule has 0 aliphatic carbocycles. The van der Waals surface area contributed by atoms with Crippen molar-refractivity contribution < 1.29 is 4.52 Å². The summed E-state index contributed by atoms with van der Waals surface area (Å²) < 4.78 is 6.39. The lowest BCUT2D eigenvalue weighted by Gasteiger charge is -1.92. The minimum absolute atomic E-state index is 0.0335. The van der Waals surface area contributed by atoms with E-state index in [0.29, 0.717) is 5.82 Å². The fraction of sp³-hybridized carbons (Fsp3) is 0.167. The molecule has 0 unspecified atom stereocenters. The van der Waals surface area contributed by atoms with Crippen LogP contribution >= 0.6 is 11.6 Å². The van der Waals surface area contributed by atoms with Crippen molar-refractivity contribution in [2.24, 2.45) is 7.05 Å². The summed E-state index contributed by atoms with van der Waals surface area (Å²) >= 11 is 5.46. The number of hydrogen-bond donors (Lipinski definition) is 0. The van der Waals surface area contributed by atoms with E-state index in [4.69, 9.17) is 11.6 Å². The van der Waals surface area contributed by atoms with Gasteiger partial charge in [0.2, 0.25) is 5.82 Å². The second-order valence-corrected chi connectivity index (χ2v) is 2.58. The third-order valence-electron chi connectivity index (χ3n) is 1.45. The summed E-state index contributed by atoms with van der Waals surface area (Å²) in [6.07, 6.45) is 3.29. The predicted octanol–water partition coefficient (Wildman–Crippen LogP) is 1.12. The number of hydrogen-bond acceptors (Lipinski definition) is 4. The lowest BCUT2D eigenvalue weighted by atomic mass is 10.4. The molecule has 0 aromatic carbocycles. The van der Waals surface area contributed by atoms with E-state index in [1.807, 2.05) is 7.05 Å². The van der Waals surface area contributed by atoms with E-state index < -0.39 is 0 Å². The van der Waals surface area contributed by atoms with Crippen LogP contribution in [-0.4, -0.2) is 19.7 Å². The lowest BCUT2D eigenvalue weighted by molar-refractivity contribution is 0.420. The van der Waals surface area contributed by atoms with Gasteiger partial charge < -0.3 is 9.09 Å². The van der Waals surface area contributed by atoms with Crippen LogP contribution in [0.2, 0.25) is 5.35 Å². The molecule has 0 saturated heterocycles. The van der Waals surface area contributed by atoms with Crippen LogP contribution in [0.1, 0.15) is 0 Å². The van der Waals surface area contributed by atoms with Crippen LogP contribution in [-0.2, 0) is 7.05 Å². The van der Waals surface area contributed by atoms with Crippen molar-refractivity contribution in [3.05, 3.63) is 17.9 Å². The molecular formula is C6H5ClN4O. The standard InChI is InChI=1S/C6H5ClN4O/c1-11-3-8-2-4(11)5-9-6(7)12-10-5/h2-3H,1H3. The number of aryl methyl sites for hydroxylation is 1. The van der Waals surface area contributed by atoms with Crippen molar-refractivity contribution in [2.75, 3.05) is 0 Å². The first-order valence-electron chi connectivity index (χ1n) is 3.23. The van der Waals surface area contributed by atoms with Crippen LogP contribution in [0.3, 0.4) is 0 Å². The molecule has 0 aliphatic rings. The van der Waals surface area contributed by atoms with Crippen LogP contribution in [0.15, 0.2) is 17.0 Å². The molecule has 0 bridgehead atoms. The minimum Gasteiger partial charge on any atom is -0.331 e. The van der Waals surface area contributed by atoms with Crippen LogP contribution in [0.4, 0.5) is 0 Å². The number of rotatable bonds is 1. The monoisotopic (exact) mass is 184 g/mol. The highest BCUT2D eigenvalue weighted by atomic mass is 35.5. The molecule has 62 valence electrons. The third-order valence-corrected chi connectivity index (χ3v) is 1.60. The molecular weight excluding hydrogens is 180 g/mol. The highest BCUT2D eigenvalue weighted by Gasteiger charge is 2.09. The number of aromatic nitrogens is 4. The maximum absolute atomic E-state index is 5.46. The van der Waals surface area contributed by atoms with Gasteiger partial charge in [-0.25, -0.2) is 4.98 Å². The van der Waals surface area contributed by atoms with Gasteiger partial charge in [0.1, 0.15) is 5.69 Å². The Balaban J connectivity index is 2.50. The van der Waals surface area contributed by atoms with Gasteiger partial charge in [-0.05, 0) is 11.6 Å². The van der Waals surface area contributed by atoms with Crippen molar-refractivity contribution in [1.29, 1.82) is 0 Å². The molecule has 0 fully saturated rings. The predicted molar refractivity (Wildman–Crippen MR) is 41.5 cm³/mol. The van der Waals surface area contributed by atoms with E-state index in [1.165, 1.54) is 0 Å². The van der Waals surface area contributed by atoms with Crippen molar-refractivity contribution in [1.82, 2.24) is 19.7 Å². The highest BCUT2D eigenvalue weighted by molar-refractivity contribution is 6.27. The fourth-order valence-electron chi connectivity index (χ4n) is 0.882. The molecule has 0 amide bonds. The van der Waals surface area contributed by atoms with Crippen LogP contribution in [0.5, 0.6) is 0 Å². The summed E-state index contributed by atoms with van der Waals surface area (Å²) in [7, 11) is 1.84. The second kappa shape index (κ2) is 2.60. The van der Waals surface area contributed by atoms with Crippen molar-refractivity contribution >= 4 is 11.6 Å². The molecule has 6 heteroatoms. The average Bonchev–Trinajstić information content (AvgIpc) is 2.58. The Morgan fingerprint density at radius 1 is 1.58 bits per heavy atom. The van der Waals surface area contributed by atoms with E-state index in [0.717, 1.165) is 5.69 Å². The van der Waals surface area contributed by atoms with Gasteiger partial charge in [-0.1, -0.05) is 5.16 Å². The van der Waals surface area contributed by atoms with Crippen LogP contribution in [0.25, 0.3) is 11.5 Å². The first-order chi connectivity index (χ1) is 5.77. The van der Waals surface area contributed by atoms with E-state index in [9.17, 15) is 0 Å². The minimum atomic E-state index is 0.0335. The largest absolute Gasteiger partial charge is 0.331 e. The molecule has 2 rings (SSSR count). The molecule has 2 aromatic rings. The van der Waals surface area contributed by atoms with Gasteiger partial charge in [0.05, 0.1) is 12.5 Å². The number of imidazole rings is 1. The first-order valence-corrected chi connectivity index (χ1v) is 3.61. The summed E-state index contributed by atoms with van der Waals surface area (Å²) in [5.74, 6) is 0.444. The van der Waals surface area contributed by atoms with Gasteiger partial charge >= 0.3 is 5.35 Å². The third kappa shape index (κ3) is 1.08. The summed E-state index contributed by atoms with van der Waals surface area (Å²) in [6.45, 7) is 0. The van der Waals surface area contributed by atoms with E-state index >= 15 is 0 Å². The zero-order valence-electron chi connectivity index (χ0n) is 6.23. The maximum Gasteiger partial charge on any atom is 0.320 e. The molecule has 0 N–H and O–H groups in total. The average molecular weight is 185 g/mol. The number of halogens is 1. The van der Waals surface area contributed by atoms with Gasteiger partial charge in [-0.3, -0.25) is 0 Å². The van der Waals surface area contributed by atoms with Gasteiger partial charge in [0, 0.05) is 7.05 Å². The Labute approximate surface area is 73.0 Å². The number of nitrogens with zero attached hydrogens (tertiary/aromatic N) is 4. The Morgan fingerprint density at radius 2 is 2.42 bits per heavy atom. The van der Waals surface area contributed by atoms with Crippen molar-refractivity contribution in [3.63, 3.8) is 0 Å². The molecule has 0 aliphatic heterocycles. The maximum atomic E-state index is 5.46. The molecule has 2 heterocycles. The Morgan fingerprint density at radius 3 is 2.92 bits per heavy atom. The van der Waals surface area contributed by atoms with E-state index in [1.54, 1.807) is 17.1 Å². The molecule has 0 saturated carbocycles. The summed E-state index contributed by atoms with van der Waals surface area (Å²) in [4.78, 5) is 7.75. The Bertz CT molecular complexity index is 394. The Kier molecular flexibility index (Phi) is 1.58. The molecule has 0 atom stereocenters.